The summed E-state index contributed by atoms with van der Waals surface area (Å²) in [7, 11) is 1.57. The average Bonchev–Trinajstić information content (AvgIpc) is 2.38. The Balaban J connectivity index is 2.76. The molecule has 0 fully saturated rings. The van der Waals surface area contributed by atoms with E-state index in [1.807, 2.05) is 0 Å². The van der Waals surface area contributed by atoms with Gasteiger partial charge in [0.1, 0.15) is 0 Å². The minimum Gasteiger partial charge on any atom is -0.355 e. The van der Waals surface area contributed by atoms with Crippen molar-refractivity contribution in [2.45, 2.75) is 13.8 Å². The third-order valence-corrected chi connectivity index (χ3v) is 3.25. The SMILES string of the molecule is CNC(=O)c1ccc(NC(=O)C(C)(C)CCl)cc1. The highest BCUT2D eigenvalue weighted by atomic mass is 35.5. The predicted octanol–water partition coefficient (Wildman–Crippen LogP) is 2.25. The molecule has 0 bridgehead atoms. The van der Waals surface area contributed by atoms with Gasteiger partial charge < -0.3 is 10.6 Å². The first kappa shape index (κ1) is 14.5. The van der Waals surface area contributed by atoms with Crippen molar-refractivity contribution in [3.8, 4) is 0 Å². The standard InChI is InChI=1S/C13H17ClN2O2/c1-13(2,8-14)12(18)16-10-6-4-9(5-7-10)11(17)15-3/h4-7H,8H2,1-3H3,(H,15,17)(H,16,18). The molecule has 0 saturated carbocycles. The van der Waals surface area contributed by atoms with Gasteiger partial charge in [-0.3, -0.25) is 9.59 Å². The van der Waals surface area contributed by atoms with Crippen molar-refractivity contribution < 1.29 is 9.59 Å². The first-order valence-electron chi connectivity index (χ1n) is 5.60. The smallest absolute Gasteiger partial charge is 0.251 e. The molecule has 2 amide bonds. The second-order valence-electron chi connectivity index (χ2n) is 4.63. The summed E-state index contributed by atoms with van der Waals surface area (Å²) in [5.41, 5.74) is 0.569. The first-order valence-corrected chi connectivity index (χ1v) is 6.13. The molecule has 0 unspecified atom stereocenters. The highest BCUT2D eigenvalue weighted by molar-refractivity contribution is 6.20. The monoisotopic (exact) mass is 268 g/mol. The van der Waals surface area contributed by atoms with Crippen LogP contribution in [0.4, 0.5) is 5.69 Å². The van der Waals surface area contributed by atoms with Crippen LogP contribution >= 0.6 is 11.6 Å². The van der Waals surface area contributed by atoms with Crippen LogP contribution in [0.2, 0.25) is 0 Å². The Hall–Kier alpha value is -1.55. The lowest BCUT2D eigenvalue weighted by molar-refractivity contribution is -0.122. The van der Waals surface area contributed by atoms with E-state index < -0.39 is 5.41 Å². The zero-order valence-corrected chi connectivity index (χ0v) is 11.5. The number of carbonyl (C=O) groups is 2. The number of halogens is 1. The molecule has 2 N–H and O–H groups in total. The summed E-state index contributed by atoms with van der Waals surface area (Å²) in [6, 6.07) is 6.68. The lowest BCUT2D eigenvalue weighted by atomic mass is 9.95. The van der Waals surface area contributed by atoms with Crippen LogP contribution in [0, 0.1) is 5.41 Å². The lowest BCUT2D eigenvalue weighted by Crippen LogP contribution is -2.32. The van der Waals surface area contributed by atoms with Gasteiger partial charge in [-0.15, -0.1) is 11.6 Å². The second-order valence-corrected chi connectivity index (χ2v) is 4.90. The number of amides is 2. The molecule has 98 valence electrons. The molecule has 0 aliphatic heterocycles. The molecule has 0 spiro atoms. The second kappa shape index (κ2) is 5.87. The number of alkyl halides is 1. The Kier molecular flexibility index (Phi) is 4.73. The number of hydrogen-bond acceptors (Lipinski definition) is 2. The summed E-state index contributed by atoms with van der Waals surface area (Å²) in [4.78, 5) is 23.2. The normalized spacial score (nSPS) is 10.9. The van der Waals surface area contributed by atoms with Gasteiger partial charge in [-0.25, -0.2) is 0 Å². The van der Waals surface area contributed by atoms with Gasteiger partial charge in [0.25, 0.3) is 5.91 Å². The van der Waals surface area contributed by atoms with E-state index in [-0.39, 0.29) is 17.7 Å². The van der Waals surface area contributed by atoms with Crippen molar-refractivity contribution in [1.29, 1.82) is 0 Å². The van der Waals surface area contributed by atoms with Crippen molar-refractivity contribution in [2.24, 2.45) is 5.41 Å². The molecule has 0 heterocycles. The van der Waals surface area contributed by atoms with E-state index in [0.29, 0.717) is 11.3 Å². The minimum absolute atomic E-state index is 0.148. The van der Waals surface area contributed by atoms with Crippen molar-refractivity contribution >= 4 is 29.1 Å². The van der Waals surface area contributed by atoms with Gasteiger partial charge in [-0.1, -0.05) is 0 Å². The third kappa shape index (κ3) is 3.47. The van der Waals surface area contributed by atoms with E-state index in [1.54, 1.807) is 45.2 Å². The molecule has 1 rings (SSSR count). The topological polar surface area (TPSA) is 58.2 Å². The van der Waals surface area contributed by atoms with Crippen LogP contribution in [0.25, 0.3) is 0 Å². The van der Waals surface area contributed by atoms with Gasteiger partial charge in [-0.2, -0.15) is 0 Å². The van der Waals surface area contributed by atoms with Crippen LogP contribution in [0.15, 0.2) is 24.3 Å². The maximum absolute atomic E-state index is 11.9. The van der Waals surface area contributed by atoms with Crippen LogP contribution in [0.3, 0.4) is 0 Å². The van der Waals surface area contributed by atoms with E-state index in [9.17, 15) is 9.59 Å². The van der Waals surface area contributed by atoms with Gasteiger partial charge >= 0.3 is 0 Å². The van der Waals surface area contributed by atoms with Crippen molar-refractivity contribution in [3.63, 3.8) is 0 Å². The Morgan fingerprint density at radius 1 is 1.22 bits per heavy atom. The fraction of sp³-hybridized carbons (Fsp3) is 0.385. The fourth-order valence-electron chi connectivity index (χ4n) is 1.21. The van der Waals surface area contributed by atoms with Gasteiger partial charge in [0.2, 0.25) is 5.91 Å². The van der Waals surface area contributed by atoms with Crippen LogP contribution in [-0.2, 0) is 4.79 Å². The van der Waals surface area contributed by atoms with E-state index >= 15 is 0 Å². The number of nitrogens with one attached hydrogen (secondary N) is 2. The molecule has 18 heavy (non-hydrogen) atoms. The molecule has 0 radical (unpaired) electrons. The number of anilines is 1. The van der Waals surface area contributed by atoms with Crippen molar-refractivity contribution in [2.75, 3.05) is 18.2 Å². The summed E-state index contributed by atoms with van der Waals surface area (Å²) >= 11 is 5.73. The molecule has 1 aromatic carbocycles. The molecule has 1 aromatic rings. The number of benzene rings is 1. The summed E-state index contributed by atoms with van der Waals surface area (Å²) in [5.74, 6) is -0.0611. The fourth-order valence-corrected chi connectivity index (χ4v) is 1.33. The molecular weight excluding hydrogens is 252 g/mol. The maximum Gasteiger partial charge on any atom is 0.251 e. The van der Waals surface area contributed by atoms with E-state index in [4.69, 9.17) is 11.6 Å². The first-order chi connectivity index (χ1) is 8.40. The van der Waals surface area contributed by atoms with Crippen LogP contribution in [0.1, 0.15) is 24.2 Å². The quantitative estimate of drug-likeness (QED) is 0.823. The minimum atomic E-state index is -0.624. The zero-order chi connectivity index (χ0) is 13.8. The highest BCUT2D eigenvalue weighted by Crippen LogP contribution is 2.20. The number of hydrogen-bond donors (Lipinski definition) is 2. The Morgan fingerprint density at radius 3 is 2.22 bits per heavy atom. The highest BCUT2D eigenvalue weighted by Gasteiger charge is 2.26. The Morgan fingerprint density at radius 2 is 1.78 bits per heavy atom. The van der Waals surface area contributed by atoms with E-state index in [1.165, 1.54) is 0 Å². The van der Waals surface area contributed by atoms with E-state index in [0.717, 1.165) is 0 Å². The molecule has 0 aromatic heterocycles. The Labute approximate surface area is 112 Å². The van der Waals surface area contributed by atoms with Crippen molar-refractivity contribution in [1.82, 2.24) is 5.32 Å². The van der Waals surface area contributed by atoms with Gasteiger partial charge in [0, 0.05) is 24.2 Å². The molecule has 0 saturated heterocycles. The Bertz CT molecular complexity index is 441. The predicted molar refractivity (Wildman–Crippen MR) is 73.0 cm³/mol. The molecule has 5 heteroatoms. The maximum atomic E-state index is 11.9. The summed E-state index contributed by atoms with van der Waals surface area (Å²) in [6.07, 6.45) is 0. The average molecular weight is 269 g/mol. The summed E-state index contributed by atoms with van der Waals surface area (Å²) in [6.45, 7) is 3.54. The van der Waals surface area contributed by atoms with Crippen LogP contribution in [-0.4, -0.2) is 24.7 Å². The largest absolute Gasteiger partial charge is 0.355 e. The molecule has 0 atom stereocenters. The summed E-state index contributed by atoms with van der Waals surface area (Å²) in [5, 5.41) is 5.29. The van der Waals surface area contributed by atoms with Gasteiger partial charge in [0.05, 0.1) is 5.41 Å². The zero-order valence-electron chi connectivity index (χ0n) is 10.7. The number of carbonyl (C=O) groups excluding carboxylic acids is 2. The number of rotatable bonds is 4. The van der Waals surface area contributed by atoms with E-state index in [2.05, 4.69) is 10.6 Å². The van der Waals surface area contributed by atoms with Crippen molar-refractivity contribution in [3.05, 3.63) is 29.8 Å². The molecule has 0 aliphatic carbocycles. The lowest BCUT2D eigenvalue weighted by Gasteiger charge is -2.20. The van der Waals surface area contributed by atoms with Gasteiger partial charge in [-0.05, 0) is 38.1 Å². The molecule has 4 nitrogen and oxygen atoms in total. The molecule has 0 aliphatic rings. The molecular formula is C13H17ClN2O2. The third-order valence-electron chi connectivity index (χ3n) is 2.58. The summed E-state index contributed by atoms with van der Waals surface area (Å²) < 4.78 is 0. The van der Waals surface area contributed by atoms with Crippen LogP contribution in [0.5, 0.6) is 0 Å². The van der Waals surface area contributed by atoms with Gasteiger partial charge in [0.15, 0.2) is 0 Å². The van der Waals surface area contributed by atoms with Crippen LogP contribution < -0.4 is 10.6 Å².